The van der Waals surface area contributed by atoms with Crippen LogP contribution in [0.15, 0.2) is 78.9 Å². The molecule has 3 aromatic carbocycles. The van der Waals surface area contributed by atoms with E-state index in [0.717, 1.165) is 22.4 Å². The third kappa shape index (κ3) is 4.56. The number of benzene rings is 3. The Labute approximate surface area is 153 Å². The summed E-state index contributed by atoms with van der Waals surface area (Å²) >= 11 is 0. The van der Waals surface area contributed by atoms with Gasteiger partial charge in [0.2, 0.25) is 0 Å². The molecule has 0 fully saturated rings. The Kier molecular flexibility index (Phi) is 6.33. The third-order valence-electron chi connectivity index (χ3n) is 3.82. The van der Waals surface area contributed by atoms with Crippen molar-refractivity contribution in [3.05, 3.63) is 90.0 Å². The molecule has 122 valence electrons. The van der Waals surface area contributed by atoms with Crippen molar-refractivity contribution in [1.29, 1.82) is 0 Å². The van der Waals surface area contributed by atoms with Crippen LogP contribution >= 0.6 is 0 Å². The molecular weight excluding hydrogens is 362 g/mol. The number of halogens is 1. The second-order valence-electron chi connectivity index (χ2n) is 5.59. The maximum absolute atomic E-state index is 12.3. The minimum Gasteiger partial charge on any atom is -1.00 e. The molecule has 1 N–H and O–H groups in total. The van der Waals surface area contributed by atoms with Crippen molar-refractivity contribution >= 4 is 11.5 Å². The predicted octanol–water partition coefficient (Wildman–Crippen LogP) is 1.96. The summed E-state index contributed by atoms with van der Waals surface area (Å²) in [6.45, 7) is 2.34. The summed E-state index contributed by atoms with van der Waals surface area (Å²) in [5.41, 5.74) is 5.17. The third-order valence-corrected chi connectivity index (χ3v) is 3.82. The van der Waals surface area contributed by atoms with E-state index in [-0.39, 0.29) is 22.8 Å². The molecule has 0 aliphatic carbocycles. The average Bonchev–Trinajstić information content (AvgIpc) is 2.62. The first kappa shape index (κ1) is 18.0. The fourth-order valence-electron chi connectivity index (χ4n) is 2.43. The normalized spacial score (nSPS) is 9.88. The summed E-state index contributed by atoms with van der Waals surface area (Å²) < 4.78 is 0. The molecule has 0 bridgehead atoms. The van der Waals surface area contributed by atoms with Gasteiger partial charge in [0.25, 0.3) is 0 Å². The summed E-state index contributed by atoms with van der Waals surface area (Å²) in [6, 6.07) is 26.0. The molecule has 0 atom stereocenters. The van der Waals surface area contributed by atoms with E-state index in [1.54, 1.807) is 0 Å². The molecule has 3 heteroatoms. The maximum Gasteiger partial charge on any atom is 0.181 e. The maximum atomic E-state index is 12.3. The highest BCUT2D eigenvalue weighted by Crippen LogP contribution is 2.19. The minimum atomic E-state index is 0. The van der Waals surface area contributed by atoms with Gasteiger partial charge in [-0.05, 0) is 30.2 Å². The van der Waals surface area contributed by atoms with Crippen LogP contribution in [0.4, 0.5) is 5.69 Å². The Bertz CT molecular complexity index is 780. The van der Waals surface area contributed by atoms with E-state index in [0.29, 0.717) is 6.54 Å². The molecule has 3 aromatic rings. The van der Waals surface area contributed by atoms with E-state index in [9.17, 15) is 4.79 Å². The molecule has 0 saturated carbocycles. The van der Waals surface area contributed by atoms with Crippen LogP contribution in [0.25, 0.3) is 11.1 Å². The molecule has 0 aliphatic rings. The van der Waals surface area contributed by atoms with Gasteiger partial charge in [-0.25, -0.2) is 0 Å². The highest BCUT2D eigenvalue weighted by Gasteiger charge is 2.06. The fourth-order valence-corrected chi connectivity index (χ4v) is 2.43. The standard InChI is InChI=1S/C21H19NO.BrH/c1-16-7-13-20(14-8-16)22-15-21(23)19-11-9-18(10-12-19)17-5-3-2-4-6-17;/h2-14,22H,15H2,1H3;1H/p-1. The van der Waals surface area contributed by atoms with E-state index in [2.05, 4.69) is 17.4 Å². The zero-order chi connectivity index (χ0) is 16.1. The topological polar surface area (TPSA) is 29.1 Å². The van der Waals surface area contributed by atoms with E-state index in [1.165, 1.54) is 5.56 Å². The highest BCUT2D eigenvalue weighted by atomic mass is 79.9. The first-order chi connectivity index (χ1) is 11.2. The number of Topliss-reactive ketones (excluding diaryl/α,β-unsaturated/α-hetero) is 1. The van der Waals surface area contributed by atoms with Crippen molar-refractivity contribution in [3.63, 3.8) is 0 Å². The Hall–Kier alpha value is -2.39. The van der Waals surface area contributed by atoms with Crippen LogP contribution in [0.5, 0.6) is 0 Å². The first-order valence-corrected chi connectivity index (χ1v) is 7.71. The van der Waals surface area contributed by atoms with E-state index in [4.69, 9.17) is 0 Å². The van der Waals surface area contributed by atoms with E-state index in [1.807, 2.05) is 73.7 Å². The van der Waals surface area contributed by atoms with Crippen molar-refractivity contribution in [3.8, 4) is 11.1 Å². The van der Waals surface area contributed by atoms with Crippen LogP contribution in [0.1, 0.15) is 15.9 Å². The zero-order valence-corrected chi connectivity index (χ0v) is 15.1. The highest BCUT2D eigenvalue weighted by molar-refractivity contribution is 5.99. The molecule has 0 aromatic heterocycles. The number of anilines is 1. The van der Waals surface area contributed by atoms with Crippen molar-refractivity contribution in [2.24, 2.45) is 0 Å². The second kappa shape index (κ2) is 8.46. The largest absolute Gasteiger partial charge is 1.00 e. The van der Waals surface area contributed by atoms with E-state index >= 15 is 0 Å². The molecule has 0 unspecified atom stereocenters. The van der Waals surface area contributed by atoms with Gasteiger partial charge in [0, 0.05) is 11.3 Å². The molecule has 0 saturated heterocycles. The predicted molar refractivity (Wildman–Crippen MR) is 95.9 cm³/mol. The Morgan fingerprint density at radius 3 is 2.00 bits per heavy atom. The van der Waals surface area contributed by atoms with Crippen LogP contribution in [0.3, 0.4) is 0 Å². The van der Waals surface area contributed by atoms with Crippen LogP contribution < -0.4 is 22.3 Å². The van der Waals surface area contributed by atoms with Gasteiger partial charge in [-0.2, -0.15) is 0 Å². The number of aryl methyl sites for hydroxylation is 1. The lowest BCUT2D eigenvalue weighted by Crippen LogP contribution is -3.00. The fraction of sp³-hybridized carbons (Fsp3) is 0.0952. The molecule has 0 amide bonds. The van der Waals surface area contributed by atoms with Crippen LogP contribution in [-0.2, 0) is 0 Å². The number of carbonyl (C=O) groups excluding carboxylic acids is 1. The summed E-state index contributed by atoms with van der Waals surface area (Å²) in [6.07, 6.45) is 0. The molecular formula is C21H19BrNO-. The summed E-state index contributed by atoms with van der Waals surface area (Å²) in [4.78, 5) is 12.3. The van der Waals surface area contributed by atoms with Gasteiger partial charge in [-0.1, -0.05) is 72.3 Å². The van der Waals surface area contributed by atoms with Crippen molar-refractivity contribution in [2.75, 3.05) is 11.9 Å². The van der Waals surface area contributed by atoms with Gasteiger partial charge in [0.05, 0.1) is 6.54 Å². The molecule has 0 radical (unpaired) electrons. The molecule has 3 rings (SSSR count). The van der Waals surface area contributed by atoms with Crippen LogP contribution in [-0.4, -0.2) is 12.3 Å². The number of nitrogens with one attached hydrogen (secondary N) is 1. The summed E-state index contributed by atoms with van der Waals surface area (Å²) in [5, 5.41) is 3.17. The second-order valence-corrected chi connectivity index (χ2v) is 5.59. The molecule has 2 nitrogen and oxygen atoms in total. The van der Waals surface area contributed by atoms with Crippen molar-refractivity contribution in [2.45, 2.75) is 6.92 Å². The lowest BCUT2D eigenvalue weighted by molar-refractivity contribution is -0.0000122. The zero-order valence-electron chi connectivity index (χ0n) is 13.5. The van der Waals surface area contributed by atoms with Crippen molar-refractivity contribution in [1.82, 2.24) is 0 Å². The molecule has 0 spiro atoms. The SMILES string of the molecule is Cc1ccc(NCC(=O)c2ccc(-c3ccccc3)cc2)cc1.[Br-]. The van der Waals surface area contributed by atoms with Gasteiger partial charge >= 0.3 is 0 Å². The van der Waals surface area contributed by atoms with Crippen LogP contribution in [0.2, 0.25) is 0 Å². The van der Waals surface area contributed by atoms with Gasteiger partial charge in [-0.3, -0.25) is 4.79 Å². The Morgan fingerprint density at radius 1 is 0.792 bits per heavy atom. The monoisotopic (exact) mass is 380 g/mol. The molecule has 0 aliphatic heterocycles. The van der Waals surface area contributed by atoms with Gasteiger partial charge in [0.1, 0.15) is 0 Å². The Balaban J connectivity index is 0.00000208. The molecule has 0 heterocycles. The Morgan fingerprint density at radius 2 is 1.38 bits per heavy atom. The number of carbonyl (C=O) groups is 1. The lowest BCUT2D eigenvalue weighted by atomic mass is 10.0. The van der Waals surface area contributed by atoms with Crippen LogP contribution in [0, 0.1) is 6.92 Å². The number of ketones is 1. The molecule has 24 heavy (non-hydrogen) atoms. The number of rotatable bonds is 5. The summed E-state index contributed by atoms with van der Waals surface area (Å²) in [5.74, 6) is 0.0881. The van der Waals surface area contributed by atoms with E-state index < -0.39 is 0 Å². The summed E-state index contributed by atoms with van der Waals surface area (Å²) in [7, 11) is 0. The smallest absolute Gasteiger partial charge is 0.181 e. The average molecular weight is 381 g/mol. The van der Waals surface area contributed by atoms with Gasteiger partial charge in [0.15, 0.2) is 5.78 Å². The van der Waals surface area contributed by atoms with Gasteiger partial charge in [-0.15, -0.1) is 0 Å². The first-order valence-electron chi connectivity index (χ1n) is 7.71. The van der Waals surface area contributed by atoms with Gasteiger partial charge < -0.3 is 22.3 Å². The number of hydrogen-bond acceptors (Lipinski definition) is 2. The minimum absolute atomic E-state index is 0. The van der Waals surface area contributed by atoms with Crippen molar-refractivity contribution < 1.29 is 21.8 Å². The number of hydrogen-bond donors (Lipinski definition) is 1. The quantitative estimate of drug-likeness (QED) is 0.685. The lowest BCUT2D eigenvalue weighted by Gasteiger charge is -2.07.